The van der Waals surface area contributed by atoms with Crippen molar-refractivity contribution in [1.82, 2.24) is 0 Å². The summed E-state index contributed by atoms with van der Waals surface area (Å²) in [6, 6.07) is 11.8. The average Bonchev–Trinajstić information content (AvgIpc) is 2.53. The molecule has 0 atom stereocenters. The van der Waals surface area contributed by atoms with Crippen LogP contribution in [0.25, 0.3) is 11.1 Å². The molecule has 0 unspecified atom stereocenters. The van der Waals surface area contributed by atoms with E-state index in [2.05, 4.69) is 15.9 Å². The van der Waals surface area contributed by atoms with Crippen molar-refractivity contribution in [2.24, 2.45) is 0 Å². The van der Waals surface area contributed by atoms with Gasteiger partial charge in [0.25, 0.3) is 5.69 Å². The van der Waals surface area contributed by atoms with E-state index < -0.39 is 10.9 Å². The molecule has 0 radical (unpaired) electrons. The molecule has 0 saturated carbocycles. The molecule has 21 heavy (non-hydrogen) atoms. The lowest BCUT2D eigenvalue weighted by atomic mass is 9.97. The number of methoxy groups -OCH3 is 1. The molecule has 108 valence electrons. The molecule has 0 N–H and O–H groups in total. The van der Waals surface area contributed by atoms with E-state index in [1.165, 1.54) is 19.2 Å². The van der Waals surface area contributed by atoms with Crippen LogP contribution in [0.3, 0.4) is 0 Å². The van der Waals surface area contributed by atoms with E-state index in [4.69, 9.17) is 4.74 Å². The number of nitro groups is 1. The molecular formula is C15H12BrNO4. The molecule has 0 amide bonds. The minimum absolute atomic E-state index is 0.0386. The number of halogens is 1. The Hall–Kier alpha value is -2.21. The fraction of sp³-hybridized carbons (Fsp3) is 0.133. The number of ether oxygens (including phenoxy) is 1. The summed E-state index contributed by atoms with van der Waals surface area (Å²) >= 11 is 3.24. The van der Waals surface area contributed by atoms with Crippen molar-refractivity contribution in [2.45, 2.75) is 5.33 Å². The summed E-state index contributed by atoms with van der Waals surface area (Å²) in [5.74, 6) is -0.517. The second-order valence-electron chi connectivity index (χ2n) is 4.27. The molecule has 2 aromatic rings. The zero-order chi connectivity index (χ0) is 15.4. The SMILES string of the molecule is COC(=O)c1cc(-c2ccccc2)c([N+](=O)[O-])cc1CBr. The molecule has 0 aromatic heterocycles. The number of benzene rings is 2. The van der Waals surface area contributed by atoms with Crippen molar-refractivity contribution in [3.8, 4) is 11.1 Å². The topological polar surface area (TPSA) is 69.4 Å². The zero-order valence-electron chi connectivity index (χ0n) is 11.2. The van der Waals surface area contributed by atoms with Crippen LogP contribution in [0.4, 0.5) is 5.69 Å². The van der Waals surface area contributed by atoms with Crippen molar-refractivity contribution < 1.29 is 14.5 Å². The van der Waals surface area contributed by atoms with Gasteiger partial charge >= 0.3 is 5.97 Å². The van der Waals surface area contributed by atoms with Crippen LogP contribution in [0.2, 0.25) is 0 Å². The van der Waals surface area contributed by atoms with Gasteiger partial charge in [0.05, 0.1) is 23.2 Å². The Morgan fingerprint density at radius 3 is 2.48 bits per heavy atom. The molecule has 0 aliphatic carbocycles. The summed E-state index contributed by atoms with van der Waals surface area (Å²) in [6.45, 7) is 0. The largest absolute Gasteiger partial charge is 0.465 e. The first-order chi connectivity index (χ1) is 10.1. The lowest BCUT2D eigenvalue weighted by molar-refractivity contribution is -0.384. The fourth-order valence-electron chi connectivity index (χ4n) is 2.04. The van der Waals surface area contributed by atoms with Gasteiger partial charge in [0.1, 0.15) is 0 Å². The average molecular weight is 350 g/mol. The van der Waals surface area contributed by atoms with E-state index >= 15 is 0 Å². The van der Waals surface area contributed by atoms with Crippen LogP contribution in [0.5, 0.6) is 0 Å². The lowest BCUT2D eigenvalue weighted by Gasteiger charge is -2.10. The molecule has 2 rings (SSSR count). The second kappa shape index (κ2) is 6.49. The van der Waals surface area contributed by atoms with Gasteiger partial charge in [0.2, 0.25) is 0 Å². The van der Waals surface area contributed by atoms with Gasteiger partial charge in [-0.3, -0.25) is 10.1 Å². The van der Waals surface area contributed by atoms with Gasteiger partial charge in [-0.05, 0) is 17.2 Å². The van der Waals surface area contributed by atoms with Gasteiger partial charge in [0.15, 0.2) is 0 Å². The van der Waals surface area contributed by atoms with Crippen LogP contribution in [0.15, 0.2) is 42.5 Å². The maximum Gasteiger partial charge on any atom is 0.338 e. The normalized spacial score (nSPS) is 10.2. The molecule has 2 aromatic carbocycles. The Kier molecular flexibility index (Phi) is 4.70. The highest BCUT2D eigenvalue weighted by atomic mass is 79.9. The summed E-state index contributed by atoms with van der Waals surface area (Å²) in [6.07, 6.45) is 0. The highest BCUT2D eigenvalue weighted by Crippen LogP contribution is 2.33. The van der Waals surface area contributed by atoms with E-state index in [0.29, 0.717) is 27.6 Å². The number of carbonyl (C=O) groups excluding carboxylic acids is 1. The standard InChI is InChI=1S/C15H12BrNO4/c1-21-15(18)13-8-12(10-5-3-2-4-6-10)14(17(19)20)7-11(13)9-16/h2-8H,9H2,1H3. The zero-order valence-corrected chi connectivity index (χ0v) is 12.8. The number of rotatable bonds is 4. The molecule has 0 aliphatic rings. The molecule has 0 spiro atoms. The van der Waals surface area contributed by atoms with E-state index in [1.807, 2.05) is 6.07 Å². The molecule has 6 heteroatoms. The van der Waals surface area contributed by atoms with Crippen LogP contribution in [0, 0.1) is 10.1 Å². The first kappa shape index (κ1) is 15.2. The number of hydrogen-bond donors (Lipinski definition) is 0. The van der Waals surface area contributed by atoms with Crippen LogP contribution in [-0.4, -0.2) is 18.0 Å². The van der Waals surface area contributed by atoms with Gasteiger partial charge in [0, 0.05) is 11.4 Å². The van der Waals surface area contributed by atoms with E-state index in [0.717, 1.165) is 0 Å². The Morgan fingerprint density at radius 1 is 1.29 bits per heavy atom. The maximum atomic E-state index is 11.8. The predicted octanol–water partition coefficient (Wildman–Crippen LogP) is 3.94. The number of carbonyl (C=O) groups is 1. The Morgan fingerprint density at radius 2 is 1.95 bits per heavy atom. The van der Waals surface area contributed by atoms with Crippen molar-refractivity contribution in [3.05, 3.63) is 63.7 Å². The number of hydrogen-bond acceptors (Lipinski definition) is 4. The number of alkyl halides is 1. The quantitative estimate of drug-likeness (QED) is 0.362. The molecular weight excluding hydrogens is 338 g/mol. The summed E-state index contributed by atoms with van der Waals surface area (Å²) < 4.78 is 4.74. The van der Waals surface area contributed by atoms with Crippen LogP contribution < -0.4 is 0 Å². The first-order valence-corrected chi connectivity index (χ1v) is 7.21. The van der Waals surface area contributed by atoms with Crippen molar-refractivity contribution in [1.29, 1.82) is 0 Å². The third kappa shape index (κ3) is 3.11. The van der Waals surface area contributed by atoms with Crippen LogP contribution in [-0.2, 0) is 10.1 Å². The minimum Gasteiger partial charge on any atom is -0.465 e. The summed E-state index contributed by atoms with van der Waals surface area (Å²) in [7, 11) is 1.28. The van der Waals surface area contributed by atoms with Crippen molar-refractivity contribution in [2.75, 3.05) is 7.11 Å². The molecule has 0 bridgehead atoms. The molecule has 5 nitrogen and oxygen atoms in total. The number of nitro benzene ring substituents is 1. The van der Waals surface area contributed by atoms with E-state index in [-0.39, 0.29) is 5.69 Å². The molecule has 0 aliphatic heterocycles. The van der Waals surface area contributed by atoms with Gasteiger partial charge in [-0.1, -0.05) is 46.3 Å². The van der Waals surface area contributed by atoms with Crippen molar-refractivity contribution in [3.63, 3.8) is 0 Å². The third-order valence-electron chi connectivity index (χ3n) is 3.05. The highest BCUT2D eigenvalue weighted by molar-refractivity contribution is 9.08. The van der Waals surface area contributed by atoms with Gasteiger partial charge in [-0.25, -0.2) is 4.79 Å². The summed E-state index contributed by atoms with van der Waals surface area (Å²) in [5, 5.41) is 11.6. The lowest BCUT2D eigenvalue weighted by Crippen LogP contribution is -2.07. The third-order valence-corrected chi connectivity index (χ3v) is 3.66. The fourth-order valence-corrected chi connectivity index (χ4v) is 2.51. The van der Waals surface area contributed by atoms with Gasteiger partial charge < -0.3 is 4.74 Å². The summed E-state index contributed by atoms with van der Waals surface area (Å²) in [4.78, 5) is 22.7. The predicted molar refractivity (Wildman–Crippen MR) is 82.5 cm³/mol. The number of esters is 1. The number of nitrogens with zero attached hydrogens (tertiary/aromatic N) is 1. The van der Waals surface area contributed by atoms with Crippen LogP contribution in [0.1, 0.15) is 15.9 Å². The van der Waals surface area contributed by atoms with Gasteiger partial charge in [-0.15, -0.1) is 0 Å². The summed E-state index contributed by atoms with van der Waals surface area (Å²) in [5.41, 5.74) is 1.87. The van der Waals surface area contributed by atoms with Gasteiger partial charge in [-0.2, -0.15) is 0 Å². The first-order valence-electron chi connectivity index (χ1n) is 6.09. The minimum atomic E-state index is -0.517. The molecule has 0 saturated heterocycles. The highest BCUT2D eigenvalue weighted by Gasteiger charge is 2.22. The van der Waals surface area contributed by atoms with E-state index in [1.54, 1.807) is 24.3 Å². The van der Waals surface area contributed by atoms with Crippen LogP contribution >= 0.6 is 15.9 Å². The molecule has 0 fully saturated rings. The van der Waals surface area contributed by atoms with E-state index in [9.17, 15) is 14.9 Å². The Labute approximate surface area is 129 Å². The molecule has 0 heterocycles. The second-order valence-corrected chi connectivity index (χ2v) is 4.84. The smallest absolute Gasteiger partial charge is 0.338 e. The Bertz CT molecular complexity index is 686. The monoisotopic (exact) mass is 349 g/mol. The maximum absolute atomic E-state index is 11.8. The van der Waals surface area contributed by atoms with Crippen molar-refractivity contribution >= 4 is 27.6 Å². The Balaban J connectivity index is 2.72.